The van der Waals surface area contributed by atoms with Crippen molar-refractivity contribution in [2.24, 2.45) is 16.7 Å². The Morgan fingerprint density at radius 2 is 0.898 bits per heavy atom. The number of anilines is 6. The first-order chi connectivity index (χ1) is 60.0. The highest BCUT2D eigenvalue weighted by atomic mass is 19.4. The largest absolute Gasteiger partial charge is 0.439 e. The maximum absolute atomic E-state index is 13.8. The van der Waals surface area contributed by atoms with Crippen molar-refractivity contribution in [3.05, 3.63) is 201 Å². The molecule has 8 aromatic heterocycles. The zero-order valence-corrected chi connectivity index (χ0v) is 72.3. The fourth-order valence-corrected chi connectivity index (χ4v) is 15.4. The van der Waals surface area contributed by atoms with Gasteiger partial charge in [0, 0.05) is 166 Å². The van der Waals surface area contributed by atoms with E-state index in [2.05, 4.69) is 91.7 Å². The van der Waals surface area contributed by atoms with Crippen LogP contribution in [0.25, 0.3) is 0 Å². The van der Waals surface area contributed by atoms with Crippen LogP contribution >= 0.6 is 0 Å². The Labute approximate surface area is 730 Å². The summed E-state index contributed by atoms with van der Waals surface area (Å²) >= 11 is 0. The van der Waals surface area contributed by atoms with E-state index in [1.54, 1.807) is 31.5 Å². The number of halogens is 16. The van der Waals surface area contributed by atoms with Gasteiger partial charge in [-0.1, -0.05) is 78.3 Å². The van der Waals surface area contributed by atoms with Gasteiger partial charge in [0.25, 0.3) is 11.8 Å². The number of aromatic nitrogens is 12. The van der Waals surface area contributed by atoms with E-state index in [0.29, 0.717) is 118 Å². The Balaban J connectivity index is 0.000000178. The molecular weight excluding hydrogens is 1710 g/mol. The zero-order valence-electron chi connectivity index (χ0n) is 72.3. The summed E-state index contributed by atoms with van der Waals surface area (Å²) in [5.41, 5.74) is -0.906. The minimum Gasteiger partial charge on any atom is -0.439 e. The van der Waals surface area contributed by atoms with Crippen LogP contribution in [0.1, 0.15) is 230 Å². The first-order valence-corrected chi connectivity index (χ1v) is 42.1. The number of nitrogens with one attached hydrogen (secondary N) is 6. The summed E-state index contributed by atoms with van der Waals surface area (Å²) in [5.74, 6) is -5.58. The number of aryl methyl sites for hydroxylation is 5. The van der Waals surface area contributed by atoms with E-state index < -0.39 is 87.9 Å². The molecule has 8 heterocycles. The molecule has 4 saturated carbocycles. The van der Waals surface area contributed by atoms with Crippen molar-refractivity contribution in [3.8, 4) is 11.6 Å². The molecule has 4 atom stereocenters. The summed E-state index contributed by atoms with van der Waals surface area (Å²) in [6.07, 6.45) is -1.14. The molecule has 13 rings (SSSR count). The Morgan fingerprint density at radius 1 is 0.469 bits per heavy atom. The second kappa shape index (κ2) is 42.2. The maximum Gasteiger partial charge on any atom is 0.421 e. The molecule has 0 aliphatic heterocycles. The molecule has 9 N–H and O–H groups in total. The average Bonchev–Trinajstić information content (AvgIpc) is 0.760. The SMILES string of the molecule is CC(C)c1ncccc1CNc1ncc(C(F)(F)F)c(N[C@@H]2C[C@H](O)C2(C)C)n1.CC(F)(F)c1ccncc1CCc1ncc(C(F)(F)F)c(N[C@@H]2CC[C@H](O)C(C)(C)C2)n1.CCC(=O)C1CCC(Nc2nc(CCc3cnccc3C(C)(F)F)ncc2C(F)(F)F)CC1.Cc1ccc(Oc2ncccc2CNc2ncc(C(F)(F)F)c(NC3CCC(O)CC3)n2)cc1. The molecule has 0 unspecified atom stereocenters. The molecule has 0 radical (unpaired) electrons. The molecule has 0 amide bonds. The number of Topliss-reactive ketones (excluding diaryl/α,β-unsaturated/α-hetero) is 1. The van der Waals surface area contributed by atoms with Crippen molar-refractivity contribution in [1.29, 1.82) is 0 Å². The zero-order chi connectivity index (χ0) is 93.5. The van der Waals surface area contributed by atoms with E-state index in [-0.39, 0.29) is 132 Å². The maximum atomic E-state index is 13.8. The second-order valence-electron chi connectivity index (χ2n) is 34.2. The Morgan fingerprint density at radius 3 is 1.34 bits per heavy atom. The van der Waals surface area contributed by atoms with Crippen LogP contribution < -0.4 is 36.6 Å². The normalized spacial score (nSPS) is 20.0. The van der Waals surface area contributed by atoms with Crippen LogP contribution in [0.3, 0.4) is 0 Å². The predicted molar refractivity (Wildman–Crippen MR) is 448 cm³/mol. The van der Waals surface area contributed by atoms with Crippen LogP contribution in [0.4, 0.5) is 105 Å². The van der Waals surface area contributed by atoms with Gasteiger partial charge in [-0.05, 0) is 161 Å². The number of aliphatic hydroxyl groups excluding tert-OH is 3. The number of ether oxygens (including phenoxy) is 1. The highest BCUT2D eigenvalue weighted by Gasteiger charge is 2.49. The van der Waals surface area contributed by atoms with E-state index in [0.717, 1.165) is 55.5 Å². The number of alkyl halides is 16. The molecule has 694 valence electrons. The molecule has 1 aromatic carbocycles. The Bertz CT molecular complexity index is 5140. The van der Waals surface area contributed by atoms with Crippen molar-refractivity contribution >= 4 is 41.0 Å². The lowest BCUT2D eigenvalue weighted by atomic mass is 9.64. The van der Waals surface area contributed by atoms with Gasteiger partial charge in [0.2, 0.25) is 17.8 Å². The third kappa shape index (κ3) is 27.6. The lowest BCUT2D eigenvalue weighted by Crippen LogP contribution is -2.57. The number of carbonyl (C=O) groups excluding carboxylic acids is 1. The van der Waals surface area contributed by atoms with Crippen molar-refractivity contribution in [1.82, 2.24) is 59.8 Å². The molecule has 9 aromatic rings. The van der Waals surface area contributed by atoms with Gasteiger partial charge in [-0.2, -0.15) is 62.7 Å². The standard InChI is InChI=1S/C24H26F3N5O2.C23H27F5N4O.C22H27F5N4O.C20H26F3N5O/c1-15-4-10-19(11-5-15)34-22-16(3-2-12-28-22)13-29-23-30-14-20(24(25,26)27)21(32-23)31-17-6-8-18(33)9-7-17;1-3-19(33)14-4-7-16(8-5-14)31-21-18(23(26,27)28)13-30-20(32-21)9-6-15-12-29-11-10-17(15)22(2,24)25;1-20(2)10-14(5-6-17(20)32)30-19-16(22(25,26)27)12-29-18(31-19)7-4-13-11-28-9-8-15(13)21(3,23)24;1-11(2)16-12(6-5-7-24-16)9-25-18-26-10-13(20(21,22)23)17(28-18)27-14-8-15(29)19(14,3)4/h2-5,10-12,14,17-18,33H,6-9,13H2,1H3,(H2,29,30,31,32);10-14,16H,3-9H2,1-2H3,(H,30,31,32);8-9,11-12,14,17,32H,4-7,10H2,1-3H3,(H,29,30,31);5-7,10-11,14-15,29H,8-9H2,1-4H3,(H2,25,26,27,28)/t;;14-,17+;14-,15+/m..11/s1. The third-order valence-electron chi connectivity index (χ3n) is 23.1. The summed E-state index contributed by atoms with van der Waals surface area (Å²) < 4.78 is 223. The fraction of sp³-hybridized carbons (Fsp3) is 0.517. The van der Waals surface area contributed by atoms with E-state index in [4.69, 9.17) is 4.74 Å². The average molecular weight is 1810 g/mol. The number of hydrogen-bond acceptors (Lipinski definition) is 23. The van der Waals surface area contributed by atoms with Gasteiger partial charge in [0.05, 0.1) is 18.3 Å². The smallest absolute Gasteiger partial charge is 0.421 e. The number of pyridine rings is 4. The summed E-state index contributed by atoms with van der Waals surface area (Å²) in [7, 11) is 0. The van der Waals surface area contributed by atoms with E-state index >= 15 is 0 Å². The molecule has 23 nitrogen and oxygen atoms in total. The van der Waals surface area contributed by atoms with Crippen LogP contribution in [-0.4, -0.2) is 123 Å². The molecule has 39 heteroatoms. The number of rotatable bonds is 27. The lowest BCUT2D eigenvalue weighted by Gasteiger charge is -2.49. The molecule has 0 spiro atoms. The van der Waals surface area contributed by atoms with Gasteiger partial charge in [-0.3, -0.25) is 19.7 Å². The summed E-state index contributed by atoms with van der Waals surface area (Å²) in [4.78, 5) is 60.0. The monoisotopic (exact) mass is 1810 g/mol. The van der Waals surface area contributed by atoms with Crippen molar-refractivity contribution in [2.45, 2.75) is 276 Å². The number of benzene rings is 1. The number of carbonyl (C=O) groups is 1. The minimum absolute atomic E-state index is 0.0403. The van der Waals surface area contributed by atoms with E-state index in [1.165, 1.54) is 36.9 Å². The molecule has 4 aliphatic carbocycles. The predicted octanol–water partition coefficient (Wildman–Crippen LogP) is 20.4. The van der Waals surface area contributed by atoms with Gasteiger partial charge >= 0.3 is 24.7 Å². The molecular formula is C89H106F16N18O5. The van der Waals surface area contributed by atoms with Crippen molar-refractivity contribution in [2.75, 3.05) is 31.9 Å². The minimum atomic E-state index is -4.65. The number of hydrogen-bond donors (Lipinski definition) is 9. The first-order valence-electron chi connectivity index (χ1n) is 42.1. The number of ketones is 1. The molecule has 0 saturated heterocycles. The highest BCUT2D eigenvalue weighted by molar-refractivity contribution is 5.80. The first kappa shape index (κ1) is 99.3. The van der Waals surface area contributed by atoms with Crippen LogP contribution in [0.15, 0.2) is 123 Å². The second-order valence-corrected chi connectivity index (χ2v) is 34.2. The van der Waals surface area contributed by atoms with Crippen LogP contribution in [0, 0.1) is 23.7 Å². The number of nitrogens with zero attached hydrogens (tertiary/aromatic N) is 12. The molecule has 4 aliphatic rings. The summed E-state index contributed by atoms with van der Waals surface area (Å²) in [5, 5.41) is 47.2. The highest BCUT2D eigenvalue weighted by Crippen LogP contribution is 2.46. The van der Waals surface area contributed by atoms with Gasteiger partial charge in [-0.15, -0.1) is 0 Å². The van der Waals surface area contributed by atoms with Crippen LogP contribution in [0.5, 0.6) is 11.6 Å². The molecule has 128 heavy (non-hydrogen) atoms. The lowest BCUT2D eigenvalue weighted by molar-refractivity contribution is -0.138. The molecule has 4 fully saturated rings. The fourth-order valence-electron chi connectivity index (χ4n) is 15.4. The molecule has 0 bridgehead atoms. The van der Waals surface area contributed by atoms with Crippen LogP contribution in [0.2, 0.25) is 0 Å². The topological polar surface area (TPSA) is 314 Å². The van der Waals surface area contributed by atoms with Gasteiger partial charge in [0.15, 0.2) is 0 Å². The van der Waals surface area contributed by atoms with Crippen molar-refractivity contribution < 1.29 is 95.1 Å². The Kier molecular flexibility index (Phi) is 32.7. The van der Waals surface area contributed by atoms with E-state index in [1.807, 2.05) is 84.9 Å². The van der Waals surface area contributed by atoms with Crippen molar-refractivity contribution in [3.63, 3.8) is 0 Å². The van der Waals surface area contributed by atoms with Gasteiger partial charge in [-0.25, -0.2) is 52.4 Å². The number of aliphatic hydroxyl groups is 3. The Hall–Kier alpha value is -10.8. The summed E-state index contributed by atoms with van der Waals surface area (Å²) in [6, 6.07) is 16.2. The summed E-state index contributed by atoms with van der Waals surface area (Å²) in [6.45, 7) is 17.3. The van der Waals surface area contributed by atoms with Gasteiger partial charge in [0.1, 0.15) is 68.7 Å². The quantitative estimate of drug-likeness (QED) is 0.0216. The third-order valence-corrected chi connectivity index (χ3v) is 23.1. The van der Waals surface area contributed by atoms with E-state index in [9.17, 15) is 90.4 Å². The van der Waals surface area contributed by atoms with Crippen LogP contribution in [-0.2, 0) is 80.1 Å². The van der Waals surface area contributed by atoms with Gasteiger partial charge < -0.3 is 52.0 Å².